The van der Waals surface area contributed by atoms with Crippen LogP contribution >= 0.6 is 0 Å². The van der Waals surface area contributed by atoms with Crippen LogP contribution in [0.4, 0.5) is 0 Å². The minimum Gasteiger partial charge on any atom is -0.481 e. The standard InChI is InChI=1S/C21H42O4/c1-2-3-11-14-19(22)17-18-20(23)15-12-9-7-5-4-6-8-10-13-16-21(24)25/h19-20,22-23H,2-18H2,1H3,(H,24,25). The Balaban J connectivity index is 3.26. The molecule has 0 spiro atoms. The monoisotopic (exact) mass is 358 g/mol. The molecule has 0 aromatic heterocycles. The smallest absolute Gasteiger partial charge is 0.303 e. The molecule has 0 aliphatic rings. The third kappa shape index (κ3) is 19.6. The highest BCUT2D eigenvalue weighted by molar-refractivity contribution is 5.66. The van der Waals surface area contributed by atoms with Crippen LogP contribution < -0.4 is 0 Å². The number of aliphatic hydroxyl groups excluding tert-OH is 2. The summed E-state index contributed by atoms with van der Waals surface area (Å²) in [5.41, 5.74) is 0. The minimum atomic E-state index is -0.687. The van der Waals surface area contributed by atoms with Crippen LogP contribution in [-0.2, 0) is 4.79 Å². The quantitative estimate of drug-likeness (QED) is 0.268. The molecule has 0 aromatic carbocycles. The Morgan fingerprint density at radius 3 is 1.48 bits per heavy atom. The first kappa shape index (κ1) is 24.4. The molecule has 150 valence electrons. The van der Waals surface area contributed by atoms with Crippen molar-refractivity contribution in [1.29, 1.82) is 0 Å². The number of rotatable bonds is 19. The number of aliphatic carboxylic acids is 1. The number of hydrogen-bond acceptors (Lipinski definition) is 3. The molecule has 0 aliphatic heterocycles. The van der Waals surface area contributed by atoms with Crippen molar-refractivity contribution in [3.05, 3.63) is 0 Å². The molecule has 0 bridgehead atoms. The highest BCUT2D eigenvalue weighted by Crippen LogP contribution is 2.15. The molecule has 0 radical (unpaired) electrons. The zero-order chi connectivity index (χ0) is 18.8. The fourth-order valence-electron chi connectivity index (χ4n) is 3.20. The van der Waals surface area contributed by atoms with Gasteiger partial charge in [0.1, 0.15) is 0 Å². The van der Waals surface area contributed by atoms with Crippen molar-refractivity contribution < 1.29 is 20.1 Å². The predicted octanol–water partition coefficient (Wildman–Crippen LogP) is 5.44. The Labute approximate surface area is 155 Å². The Kier molecular flexibility index (Phi) is 17.7. The lowest BCUT2D eigenvalue weighted by atomic mass is 10.0. The van der Waals surface area contributed by atoms with E-state index in [0.29, 0.717) is 6.42 Å². The van der Waals surface area contributed by atoms with Gasteiger partial charge in [0.25, 0.3) is 0 Å². The predicted molar refractivity (Wildman–Crippen MR) is 104 cm³/mol. The van der Waals surface area contributed by atoms with Gasteiger partial charge >= 0.3 is 5.97 Å². The highest BCUT2D eigenvalue weighted by atomic mass is 16.4. The SMILES string of the molecule is CCCCCC(O)CCC(O)CCCCCCCCCCCC(=O)O. The lowest BCUT2D eigenvalue weighted by Crippen LogP contribution is -2.13. The first-order valence-electron chi connectivity index (χ1n) is 10.6. The molecule has 0 heterocycles. The summed E-state index contributed by atoms with van der Waals surface area (Å²) in [5, 5.41) is 28.4. The summed E-state index contributed by atoms with van der Waals surface area (Å²) in [6, 6.07) is 0. The van der Waals surface area contributed by atoms with Crippen molar-refractivity contribution >= 4 is 5.97 Å². The largest absolute Gasteiger partial charge is 0.481 e. The van der Waals surface area contributed by atoms with E-state index in [-0.39, 0.29) is 12.2 Å². The second kappa shape index (κ2) is 18.2. The van der Waals surface area contributed by atoms with Crippen molar-refractivity contribution in [2.45, 2.75) is 128 Å². The van der Waals surface area contributed by atoms with E-state index in [9.17, 15) is 15.0 Å². The van der Waals surface area contributed by atoms with E-state index in [1.807, 2.05) is 0 Å². The second-order valence-corrected chi connectivity index (χ2v) is 7.50. The Bertz CT molecular complexity index is 294. The Morgan fingerprint density at radius 1 is 0.640 bits per heavy atom. The molecule has 0 aromatic rings. The van der Waals surface area contributed by atoms with E-state index >= 15 is 0 Å². The van der Waals surface area contributed by atoms with Gasteiger partial charge in [0.2, 0.25) is 0 Å². The molecule has 4 nitrogen and oxygen atoms in total. The van der Waals surface area contributed by atoms with E-state index in [2.05, 4.69) is 6.92 Å². The summed E-state index contributed by atoms with van der Waals surface area (Å²) >= 11 is 0. The minimum absolute atomic E-state index is 0.239. The van der Waals surface area contributed by atoms with Crippen molar-refractivity contribution in [3.8, 4) is 0 Å². The number of carbonyl (C=O) groups is 1. The summed E-state index contributed by atoms with van der Waals surface area (Å²) < 4.78 is 0. The van der Waals surface area contributed by atoms with Gasteiger partial charge in [0.05, 0.1) is 12.2 Å². The fraction of sp³-hybridized carbons (Fsp3) is 0.952. The average molecular weight is 359 g/mol. The summed E-state index contributed by atoms with van der Waals surface area (Å²) in [4.78, 5) is 10.4. The molecule has 25 heavy (non-hydrogen) atoms. The topological polar surface area (TPSA) is 77.8 Å². The van der Waals surface area contributed by atoms with E-state index in [1.165, 1.54) is 44.9 Å². The number of hydrogen-bond donors (Lipinski definition) is 3. The van der Waals surface area contributed by atoms with Crippen LogP contribution in [0.25, 0.3) is 0 Å². The first-order valence-corrected chi connectivity index (χ1v) is 10.6. The van der Waals surface area contributed by atoms with Crippen LogP contribution in [-0.4, -0.2) is 33.5 Å². The molecule has 3 N–H and O–H groups in total. The molecule has 0 saturated carbocycles. The summed E-state index contributed by atoms with van der Waals surface area (Å²) in [5.74, 6) is -0.687. The Morgan fingerprint density at radius 2 is 1.04 bits per heavy atom. The third-order valence-corrected chi connectivity index (χ3v) is 4.90. The number of unbranched alkanes of at least 4 members (excludes halogenated alkanes) is 10. The lowest BCUT2D eigenvalue weighted by molar-refractivity contribution is -0.137. The van der Waals surface area contributed by atoms with Crippen molar-refractivity contribution in [1.82, 2.24) is 0 Å². The van der Waals surface area contributed by atoms with Gasteiger partial charge in [0, 0.05) is 6.42 Å². The number of carboxylic acids is 1. The highest BCUT2D eigenvalue weighted by Gasteiger charge is 2.09. The summed E-state index contributed by atoms with van der Waals surface area (Å²) in [6.45, 7) is 2.17. The van der Waals surface area contributed by atoms with Crippen LogP contribution in [0.3, 0.4) is 0 Å². The summed E-state index contributed by atoms with van der Waals surface area (Å²) in [7, 11) is 0. The van der Waals surface area contributed by atoms with Crippen LogP contribution in [0.2, 0.25) is 0 Å². The van der Waals surface area contributed by atoms with Gasteiger partial charge in [0.15, 0.2) is 0 Å². The van der Waals surface area contributed by atoms with Crippen molar-refractivity contribution in [2.24, 2.45) is 0 Å². The molecule has 0 saturated heterocycles. The maximum Gasteiger partial charge on any atom is 0.303 e. The average Bonchev–Trinajstić information content (AvgIpc) is 2.57. The van der Waals surface area contributed by atoms with Crippen LogP contribution in [0.5, 0.6) is 0 Å². The maximum absolute atomic E-state index is 10.4. The summed E-state index contributed by atoms with van der Waals surface area (Å²) in [6.07, 6.45) is 16.6. The van der Waals surface area contributed by atoms with Crippen LogP contribution in [0, 0.1) is 0 Å². The fourth-order valence-corrected chi connectivity index (χ4v) is 3.20. The van der Waals surface area contributed by atoms with Gasteiger partial charge in [-0.25, -0.2) is 0 Å². The van der Waals surface area contributed by atoms with Gasteiger partial charge < -0.3 is 15.3 Å². The number of aliphatic hydroxyl groups is 2. The van der Waals surface area contributed by atoms with Gasteiger partial charge in [-0.1, -0.05) is 77.6 Å². The third-order valence-electron chi connectivity index (χ3n) is 4.90. The molecule has 0 amide bonds. The molecule has 0 rings (SSSR count). The van der Waals surface area contributed by atoms with E-state index < -0.39 is 5.97 Å². The normalized spacial score (nSPS) is 13.7. The molecular formula is C21H42O4. The first-order chi connectivity index (χ1) is 12.1. The lowest BCUT2D eigenvalue weighted by Gasteiger charge is -2.14. The zero-order valence-electron chi connectivity index (χ0n) is 16.4. The van der Waals surface area contributed by atoms with Crippen LogP contribution in [0.1, 0.15) is 116 Å². The molecular weight excluding hydrogens is 316 g/mol. The molecule has 0 aliphatic carbocycles. The van der Waals surface area contributed by atoms with Crippen molar-refractivity contribution in [3.63, 3.8) is 0 Å². The second-order valence-electron chi connectivity index (χ2n) is 7.50. The van der Waals surface area contributed by atoms with Crippen molar-refractivity contribution in [2.75, 3.05) is 0 Å². The van der Waals surface area contributed by atoms with Gasteiger partial charge in [-0.15, -0.1) is 0 Å². The van der Waals surface area contributed by atoms with Gasteiger partial charge in [-0.2, -0.15) is 0 Å². The Hall–Kier alpha value is -0.610. The van der Waals surface area contributed by atoms with Gasteiger partial charge in [-0.05, 0) is 32.1 Å². The molecule has 4 heteroatoms. The van der Waals surface area contributed by atoms with E-state index in [0.717, 1.165) is 57.8 Å². The van der Waals surface area contributed by atoms with E-state index in [1.54, 1.807) is 0 Å². The molecule has 2 atom stereocenters. The molecule has 2 unspecified atom stereocenters. The zero-order valence-corrected chi connectivity index (χ0v) is 16.4. The molecule has 0 fully saturated rings. The maximum atomic E-state index is 10.4. The van der Waals surface area contributed by atoms with Crippen LogP contribution in [0.15, 0.2) is 0 Å². The number of carboxylic acid groups (broad SMARTS) is 1. The van der Waals surface area contributed by atoms with E-state index in [4.69, 9.17) is 5.11 Å². The van der Waals surface area contributed by atoms with Gasteiger partial charge in [-0.3, -0.25) is 4.79 Å².